The SMILES string of the molecule is CC1COC(CN)CN1Cc1nn(C)c2ccccc12. The molecule has 1 fully saturated rings. The van der Waals surface area contributed by atoms with Gasteiger partial charge in [-0.25, -0.2) is 0 Å². The Kier molecular flexibility index (Phi) is 3.74. The van der Waals surface area contributed by atoms with Gasteiger partial charge >= 0.3 is 0 Å². The molecule has 108 valence electrons. The van der Waals surface area contributed by atoms with Crippen molar-refractivity contribution in [2.75, 3.05) is 19.7 Å². The molecule has 0 saturated carbocycles. The summed E-state index contributed by atoms with van der Waals surface area (Å²) in [7, 11) is 2.00. The van der Waals surface area contributed by atoms with E-state index in [2.05, 4.69) is 41.2 Å². The molecule has 1 aromatic carbocycles. The second-order valence-corrected chi connectivity index (χ2v) is 5.56. The highest BCUT2D eigenvalue weighted by atomic mass is 16.5. The van der Waals surface area contributed by atoms with Gasteiger partial charge in [0.05, 0.1) is 23.9 Å². The van der Waals surface area contributed by atoms with Gasteiger partial charge in [0, 0.05) is 38.1 Å². The predicted octanol–water partition coefficient (Wildman–Crippen LogP) is 1.12. The Labute approximate surface area is 119 Å². The van der Waals surface area contributed by atoms with Crippen LogP contribution in [0.3, 0.4) is 0 Å². The minimum Gasteiger partial charge on any atom is -0.374 e. The van der Waals surface area contributed by atoms with Crippen molar-refractivity contribution in [3.63, 3.8) is 0 Å². The van der Waals surface area contributed by atoms with Crippen LogP contribution in [0.25, 0.3) is 10.9 Å². The van der Waals surface area contributed by atoms with Crippen LogP contribution in [0, 0.1) is 0 Å². The molecule has 2 N–H and O–H groups in total. The van der Waals surface area contributed by atoms with Crippen molar-refractivity contribution in [3.05, 3.63) is 30.0 Å². The summed E-state index contributed by atoms with van der Waals surface area (Å²) in [5, 5.41) is 5.91. The van der Waals surface area contributed by atoms with Gasteiger partial charge in [0.25, 0.3) is 0 Å². The quantitative estimate of drug-likeness (QED) is 0.911. The summed E-state index contributed by atoms with van der Waals surface area (Å²) in [6.45, 7) is 5.24. The average molecular weight is 274 g/mol. The maximum absolute atomic E-state index is 5.73. The maximum Gasteiger partial charge on any atom is 0.0843 e. The molecule has 2 aromatic rings. The number of aryl methyl sites for hydroxylation is 1. The summed E-state index contributed by atoms with van der Waals surface area (Å²) in [5.74, 6) is 0. The summed E-state index contributed by atoms with van der Waals surface area (Å²) in [6.07, 6.45) is 0.140. The third-order valence-electron chi connectivity index (χ3n) is 4.08. The molecule has 2 atom stereocenters. The second-order valence-electron chi connectivity index (χ2n) is 5.56. The number of hydrogen-bond acceptors (Lipinski definition) is 4. The lowest BCUT2D eigenvalue weighted by Crippen LogP contribution is -2.50. The van der Waals surface area contributed by atoms with E-state index in [-0.39, 0.29) is 6.10 Å². The van der Waals surface area contributed by atoms with Crippen molar-refractivity contribution >= 4 is 10.9 Å². The number of para-hydroxylation sites is 1. The number of nitrogens with two attached hydrogens (primary N) is 1. The van der Waals surface area contributed by atoms with Crippen molar-refractivity contribution in [3.8, 4) is 0 Å². The van der Waals surface area contributed by atoms with Crippen molar-refractivity contribution in [2.45, 2.75) is 25.6 Å². The summed E-state index contributed by atoms with van der Waals surface area (Å²) < 4.78 is 7.66. The Morgan fingerprint density at radius 1 is 1.40 bits per heavy atom. The van der Waals surface area contributed by atoms with Crippen LogP contribution in [-0.2, 0) is 18.3 Å². The van der Waals surface area contributed by atoms with E-state index < -0.39 is 0 Å². The van der Waals surface area contributed by atoms with E-state index in [1.807, 2.05) is 11.7 Å². The van der Waals surface area contributed by atoms with E-state index >= 15 is 0 Å². The molecule has 0 amide bonds. The molecule has 0 radical (unpaired) electrons. The first-order chi connectivity index (χ1) is 9.69. The van der Waals surface area contributed by atoms with Crippen LogP contribution in [0.2, 0.25) is 0 Å². The number of aromatic nitrogens is 2. The molecule has 0 spiro atoms. The first-order valence-electron chi connectivity index (χ1n) is 7.15. The van der Waals surface area contributed by atoms with Gasteiger partial charge < -0.3 is 10.5 Å². The van der Waals surface area contributed by atoms with Crippen LogP contribution in [0.1, 0.15) is 12.6 Å². The van der Waals surface area contributed by atoms with Gasteiger partial charge in [-0.2, -0.15) is 5.10 Å². The number of fused-ring (bicyclic) bond motifs is 1. The number of morpholine rings is 1. The zero-order chi connectivity index (χ0) is 14.1. The molecule has 3 rings (SSSR count). The van der Waals surface area contributed by atoms with Crippen LogP contribution in [0.4, 0.5) is 0 Å². The van der Waals surface area contributed by atoms with Crippen molar-refractivity contribution < 1.29 is 4.74 Å². The number of benzene rings is 1. The molecule has 2 heterocycles. The molecule has 5 nitrogen and oxygen atoms in total. The highest BCUT2D eigenvalue weighted by Gasteiger charge is 2.26. The van der Waals surface area contributed by atoms with Crippen molar-refractivity contribution in [1.82, 2.24) is 14.7 Å². The number of hydrogen-bond donors (Lipinski definition) is 1. The van der Waals surface area contributed by atoms with E-state index in [1.54, 1.807) is 0 Å². The smallest absolute Gasteiger partial charge is 0.0843 e. The Morgan fingerprint density at radius 2 is 2.20 bits per heavy atom. The van der Waals surface area contributed by atoms with Crippen LogP contribution < -0.4 is 5.73 Å². The van der Waals surface area contributed by atoms with E-state index in [0.29, 0.717) is 12.6 Å². The summed E-state index contributed by atoms with van der Waals surface area (Å²) >= 11 is 0. The molecular formula is C15H22N4O. The van der Waals surface area contributed by atoms with Crippen LogP contribution in [0.5, 0.6) is 0 Å². The van der Waals surface area contributed by atoms with Gasteiger partial charge in [0.2, 0.25) is 0 Å². The minimum absolute atomic E-state index is 0.140. The highest BCUT2D eigenvalue weighted by Crippen LogP contribution is 2.21. The molecule has 5 heteroatoms. The van der Waals surface area contributed by atoms with E-state index in [9.17, 15) is 0 Å². The van der Waals surface area contributed by atoms with Crippen LogP contribution in [0.15, 0.2) is 24.3 Å². The zero-order valence-electron chi connectivity index (χ0n) is 12.1. The Morgan fingerprint density at radius 3 is 3.00 bits per heavy atom. The summed E-state index contributed by atoms with van der Waals surface area (Å²) in [5.41, 5.74) is 8.04. The van der Waals surface area contributed by atoms with Crippen LogP contribution in [-0.4, -0.2) is 46.5 Å². The van der Waals surface area contributed by atoms with Gasteiger partial charge in [0.15, 0.2) is 0 Å². The lowest BCUT2D eigenvalue weighted by molar-refractivity contribution is -0.0570. The highest BCUT2D eigenvalue weighted by molar-refractivity contribution is 5.81. The van der Waals surface area contributed by atoms with E-state index in [1.165, 1.54) is 10.9 Å². The Bertz CT molecular complexity index is 595. The number of ether oxygens (including phenoxy) is 1. The summed E-state index contributed by atoms with van der Waals surface area (Å²) in [4.78, 5) is 2.41. The topological polar surface area (TPSA) is 56.3 Å². The molecule has 0 bridgehead atoms. The molecule has 1 aliphatic rings. The third-order valence-corrected chi connectivity index (χ3v) is 4.08. The Hall–Kier alpha value is -1.43. The zero-order valence-corrected chi connectivity index (χ0v) is 12.1. The van der Waals surface area contributed by atoms with Crippen molar-refractivity contribution in [1.29, 1.82) is 0 Å². The van der Waals surface area contributed by atoms with E-state index in [4.69, 9.17) is 10.5 Å². The third kappa shape index (κ3) is 2.44. The normalized spacial score (nSPS) is 24.4. The second kappa shape index (κ2) is 5.52. The molecule has 1 aromatic heterocycles. The molecule has 2 unspecified atom stereocenters. The summed E-state index contributed by atoms with van der Waals surface area (Å²) in [6, 6.07) is 8.77. The average Bonchev–Trinajstić information content (AvgIpc) is 2.78. The minimum atomic E-state index is 0.140. The monoisotopic (exact) mass is 274 g/mol. The molecule has 0 aliphatic carbocycles. The van der Waals surface area contributed by atoms with Crippen molar-refractivity contribution in [2.24, 2.45) is 12.8 Å². The predicted molar refractivity (Wildman–Crippen MR) is 79.4 cm³/mol. The fourth-order valence-electron chi connectivity index (χ4n) is 2.84. The van der Waals surface area contributed by atoms with Gasteiger partial charge in [-0.05, 0) is 13.0 Å². The van der Waals surface area contributed by atoms with Gasteiger partial charge in [-0.15, -0.1) is 0 Å². The lowest BCUT2D eigenvalue weighted by Gasteiger charge is -2.37. The molecule has 1 aliphatic heterocycles. The Balaban J connectivity index is 1.85. The fourth-order valence-corrected chi connectivity index (χ4v) is 2.84. The first kappa shape index (κ1) is 13.5. The largest absolute Gasteiger partial charge is 0.374 e. The van der Waals surface area contributed by atoms with Gasteiger partial charge in [0.1, 0.15) is 0 Å². The number of nitrogens with zero attached hydrogens (tertiary/aromatic N) is 3. The standard InChI is InChI=1S/C15H22N4O/c1-11-10-20-12(7-16)8-19(11)9-14-13-5-3-4-6-15(13)18(2)17-14/h3-6,11-12H,7-10,16H2,1-2H3. The molecule has 1 saturated heterocycles. The maximum atomic E-state index is 5.73. The van der Waals surface area contributed by atoms with Crippen LogP contribution >= 0.6 is 0 Å². The van der Waals surface area contributed by atoms with E-state index in [0.717, 1.165) is 25.4 Å². The molecule has 20 heavy (non-hydrogen) atoms. The first-order valence-corrected chi connectivity index (χ1v) is 7.15. The van der Waals surface area contributed by atoms with Gasteiger partial charge in [-0.3, -0.25) is 9.58 Å². The van der Waals surface area contributed by atoms with Gasteiger partial charge in [-0.1, -0.05) is 18.2 Å². The fraction of sp³-hybridized carbons (Fsp3) is 0.533. The number of rotatable bonds is 3. The molecular weight excluding hydrogens is 252 g/mol. The lowest BCUT2D eigenvalue weighted by atomic mass is 10.1.